The number of rotatable bonds is 15. The van der Waals surface area contributed by atoms with Crippen LogP contribution in [0.3, 0.4) is 0 Å². The molecule has 0 aliphatic heterocycles. The number of amides is 1. The predicted molar refractivity (Wildman–Crippen MR) is 150 cm³/mol. The van der Waals surface area contributed by atoms with Gasteiger partial charge in [-0.2, -0.15) is 0 Å². The van der Waals surface area contributed by atoms with Crippen molar-refractivity contribution in [3.05, 3.63) is 107 Å². The van der Waals surface area contributed by atoms with Crippen LogP contribution < -0.4 is 10.6 Å². The second-order valence-corrected chi connectivity index (χ2v) is 9.87. The fourth-order valence-electron chi connectivity index (χ4n) is 4.47. The first-order valence-corrected chi connectivity index (χ1v) is 13.5. The first-order valence-electron chi connectivity index (χ1n) is 13.5. The van der Waals surface area contributed by atoms with Gasteiger partial charge < -0.3 is 20.5 Å². The van der Waals surface area contributed by atoms with Crippen LogP contribution in [0.15, 0.2) is 84.9 Å². The fraction of sp³-hybridized carbons (Fsp3) is 0.406. The average molecular weight is 503 g/mol. The van der Waals surface area contributed by atoms with Gasteiger partial charge in [-0.1, -0.05) is 84.9 Å². The molecule has 0 saturated heterocycles. The van der Waals surface area contributed by atoms with Crippen molar-refractivity contribution in [2.75, 3.05) is 6.54 Å². The van der Waals surface area contributed by atoms with Crippen molar-refractivity contribution in [3.63, 3.8) is 0 Å². The number of aliphatic hydroxyl groups is 1. The quantitative estimate of drug-likeness (QED) is 0.212. The van der Waals surface area contributed by atoms with Gasteiger partial charge in [0.1, 0.15) is 6.61 Å². The maximum atomic E-state index is 11.8. The van der Waals surface area contributed by atoms with Crippen LogP contribution in [0.5, 0.6) is 0 Å². The number of hydrogen-bond donors (Lipinski definition) is 3. The van der Waals surface area contributed by atoms with Gasteiger partial charge >= 0.3 is 6.09 Å². The lowest BCUT2D eigenvalue weighted by molar-refractivity contribution is 0.129. The van der Waals surface area contributed by atoms with E-state index in [-0.39, 0.29) is 12.1 Å². The third-order valence-electron chi connectivity index (χ3n) is 6.66. The standard InChI is InChI=1S/C32H42N2O3/c1-25(34-26(2)31(35)30-17-7-4-8-18-30)12-11-16-28-21-19-27(20-22-28)13-9-10-23-33-32(36)37-24-29-14-5-3-6-15-29/h3-8,14-15,17-22,25-26,31,34-35H,9-13,16,23-24H2,1-2H3,(H,33,36)/t25-,26+,31+/m1/s1. The lowest BCUT2D eigenvalue weighted by atomic mass is 10.0. The molecule has 0 radical (unpaired) electrons. The minimum absolute atomic E-state index is 0.00631. The van der Waals surface area contributed by atoms with E-state index in [0.717, 1.165) is 49.7 Å². The van der Waals surface area contributed by atoms with Crippen LogP contribution in [0, 0.1) is 0 Å². The second-order valence-electron chi connectivity index (χ2n) is 9.87. The summed E-state index contributed by atoms with van der Waals surface area (Å²) in [6.07, 6.45) is 5.31. The van der Waals surface area contributed by atoms with Crippen molar-refractivity contribution >= 4 is 6.09 Å². The van der Waals surface area contributed by atoms with E-state index in [9.17, 15) is 9.90 Å². The largest absolute Gasteiger partial charge is 0.445 e. The number of alkyl carbamates (subject to hydrolysis) is 1. The number of hydrogen-bond acceptors (Lipinski definition) is 4. The summed E-state index contributed by atoms with van der Waals surface area (Å²) >= 11 is 0. The normalized spacial score (nSPS) is 13.5. The highest BCUT2D eigenvalue weighted by Crippen LogP contribution is 2.17. The van der Waals surface area contributed by atoms with Gasteiger partial charge in [0.25, 0.3) is 0 Å². The lowest BCUT2D eigenvalue weighted by Gasteiger charge is -2.24. The summed E-state index contributed by atoms with van der Waals surface area (Å²) < 4.78 is 5.24. The van der Waals surface area contributed by atoms with Gasteiger partial charge in [-0.25, -0.2) is 4.79 Å². The number of ether oxygens (including phenoxy) is 1. The Morgan fingerprint density at radius 2 is 1.38 bits per heavy atom. The van der Waals surface area contributed by atoms with E-state index < -0.39 is 6.10 Å². The molecule has 0 aliphatic rings. The topological polar surface area (TPSA) is 70.6 Å². The molecule has 0 aliphatic carbocycles. The molecular weight excluding hydrogens is 460 g/mol. The molecule has 3 N–H and O–H groups in total. The summed E-state index contributed by atoms with van der Waals surface area (Å²) in [6.45, 7) is 5.15. The van der Waals surface area contributed by atoms with Crippen molar-refractivity contribution in [2.24, 2.45) is 0 Å². The van der Waals surface area contributed by atoms with E-state index >= 15 is 0 Å². The summed E-state index contributed by atoms with van der Waals surface area (Å²) in [4.78, 5) is 11.8. The molecule has 5 heteroatoms. The summed E-state index contributed by atoms with van der Waals surface area (Å²) in [5.41, 5.74) is 4.62. The van der Waals surface area contributed by atoms with Crippen LogP contribution in [0.1, 0.15) is 67.9 Å². The fourth-order valence-corrected chi connectivity index (χ4v) is 4.47. The Morgan fingerprint density at radius 1 is 0.784 bits per heavy atom. The Hall–Kier alpha value is -3.15. The van der Waals surface area contributed by atoms with E-state index in [1.165, 1.54) is 11.1 Å². The van der Waals surface area contributed by atoms with Crippen molar-refractivity contribution in [1.82, 2.24) is 10.6 Å². The summed E-state index contributed by atoms with van der Waals surface area (Å²) in [7, 11) is 0. The van der Waals surface area contributed by atoms with Crippen molar-refractivity contribution in [3.8, 4) is 0 Å². The number of unbranched alkanes of at least 4 members (excludes halogenated alkanes) is 1. The number of aryl methyl sites for hydroxylation is 2. The van der Waals surface area contributed by atoms with Crippen molar-refractivity contribution in [1.29, 1.82) is 0 Å². The van der Waals surface area contributed by atoms with Crippen LogP contribution in [0.2, 0.25) is 0 Å². The van der Waals surface area contributed by atoms with Gasteiger partial charge in [0, 0.05) is 18.6 Å². The maximum Gasteiger partial charge on any atom is 0.407 e. The highest BCUT2D eigenvalue weighted by Gasteiger charge is 2.17. The molecule has 3 atom stereocenters. The third kappa shape index (κ3) is 10.8. The summed E-state index contributed by atoms with van der Waals surface area (Å²) in [5, 5.41) is 16.9. The molecule has 0 unspecified atom stereocenters. The molecule has 1 amide bonds. The van der Waals surface area contributed by atoms with E-state index in [1.807, 2.05) is 67.6 Å². The van der Waals surface area contributed by atoms with Crippen LogP contribution in [0.25, 0.3) is 0 Å². The molecule has 3 aromatic carbocycles. The SMILES string of the molecule is C[C@H](CCCc1ccc(CCCCNC(=O)OCc2ccccc2)cc1)N[C@@H](C)[C@H](O)c1ccccc1. The molecule has 0 saturated carbocycles. The van der Waals surface area contributed by atoms with Crippen LogP contribution >= 0.6 is 0 Å². The molecule has 3 rings (SSSR count). The molecule has 0 spiro atoms. The van der Waals surface area contributed by atoms with Crippen LogP contribution in [-0.4, -0.2) is 29.8 Å². The number of nitrogens with one attached hydrogen (secondary N) is 2. The van der Waals surface area contributed by atoms with E-state index in [1.54, 1.807) is 0 Å². The zero-order chi connectivity index (χ0) is 26.3. The molecule has 5 nitrogen and oxygen atoms in total. The van der Waals surface area contributed by atoms with Crippen LogP contribution in [0.4, 0.5) is 4.79 Å². The molecular formula is C32H42N2O3. The third-order valence-corrected chi connectivity index (χ3v) is 6.66. The van der Waals surface area contributed by atoms with E-state index in [2.05, 4.69) is 41.8 Å². The molecule has 198 valence electrons. The average Bonchev–Trinajstić information content (AvgIpc) is 2.93. The number of aliphatic hydroxyl groups excluding tert-OH is 1. The Bertz CT molecular complexity index is 1020. The first kappa shape index (κ1) is 28.4. The zero-order valence-electron chi connectivity index (χ0n) is 22.2. The second kappa shape index (κ2) is 15.9. The molecule has 0 aromatic heterocycles. The number of benzene rings is 3. The Morgan fingerprint density at radius 3 is 2.03 bits per heavy atom. The predicted octanol–water partition coefficient (Wildman–Crippen LogP) is 6.36. The first-order chi connectivity index (χ1) is 18.0. The van der Waals surface area contributed by atoms with Gasteiger partial charge in [-0.15, -0.1) is 0 Å². The van der Waals surface area contributed by atoms with E-state index in [0.29, 0.717) is 19.2 Å². The van der Waals surface area contributed by atoms with E-state index in [4.69, 9.17) is 4.74 Å². The smallest absolute Gasteiger partial charge is 0.407 e. The van der Waals surface area contributed by atoms with Gasteiger partial charge in [0.2, 0.25) is 0 Å². The van der Waals surface area contributed by atoms with Crippen LogP contribution in [-0.2, 0) is 24.2 Å². The highest BCUT2D eigenvalue weighted by atomic mass is 16.5. The highest BCUT2D eigenvalue weighted by molar-refractivity contribution is 5.67. The molecule has 0 heterocycles. The summed E-state index contributed by atoms with van der Waals surface area (Å²) in [5.74, 6) is 0. The minimum Gasteiger partial charge on any atom is -0.445 e. The Labute approximate surface area is 222 Å². The molecule has 0 fully saturated rings. The Balaban J connectivity index is 1.24. The maximum absolute atomic E-state index is 11.8. The van der Waals surface area contributed by atoms with Gasteiger partial charge in [-0.3, -0.25) is 0 Å². The minimum atomic E-state index is -0.500. The molecule has 37 heavy (non-hydrogen) atoms. The lowest BCUT2D eigenvalue weighted by Crippen LogP contribution is -2.38. The van der Waals surface area contributed by atoms with Gasteiger partial charge in [0.05, 0.1) is 6.10 Å². The Kier molecular flexibility index (Phi) is 12.2. The number of carbonyl (C=O) groups is 1. The van der Waals surface area contributed by atoms with Crippen molar-refractivity contribution in [2.45, 2.75) is 77.2 Å². The number of carbonyl (C=O) groups excluding carboxylic acids is 1. The van der Waals surface area contributed by atoms with Gasteiger partial charge in [-0.05, 0) is 74.6 Å². The van der Waals surface area contributed by atoms with Crippen molar-refractivity contribution < 1.29 is 14.6 Å². The van der Waals surface area contributed by atoms with Gasteiger partial charge in [0.15, 0.2) is 0 Å². The monoisotopic (exact) mass is 502 g/mol. The zero-order valence-corrected chi connectivity index (χ0v) is 22.2. The molecule has 0 bridgehead atoms. The molecule has 3 aromatic rings. The summed E-state index contributed by atoms with van der Waals surface area (Å²) in [6, 6.07) is 28.8.